The van der Waals surface area contributed by atoms with Gasteiger partial charge in [0.2, 0.25) is 17.7 Å². The first-order chi connectivity index (χ1) is 14.2. The molecule has 6 nitrogen and oxygen atoms in total. The van der Waals surface area contributed by atoms with E-state index in [9.17, 15) is 4.79 Å². The molecule has 1 aromatic carbocycles. The molecule has 0 aliphatic heterocycles. The highest BCUT2D eigenvalue weighted by Crippen LogP contribution is 2.48. The van der Waals surface area contributed by atoms with Crippen molar-refractivity contribution >= 4 is 17.5 Å². The number of hydrogen-bond acceptors (Lipinski definition) is 5. The van der Waals surface area contributed by atoms with Crippen LogP contribution in [0.25, 0.3) is 0 Å². The van der Waals surface area contributed by atoms with Gasteiger partial charge in [-0.3, -0.25) is 9.78 Å². The van der Waals surface area contributed by atoms with E-state index in [0.717, 1.165) is 36.8 Å². The van der Waals surface area contributed by atoms with Crippen LogP contribution in [-0.2, 0) is 23.1 Å². The summed E-state index contributed by atoms with van der Waals surface area (Å²) in [5.41, 5.74) is 2.08. The monoisotopic (exact) mass is 410 g/mol. The predicted molar refractivity (Wildman–Crippen MR) is 110 cm³/mol. The Kier molecular flexibility index (Phi) is 5.90. The van der Waals surface area contributed by atoms with Gasteiger partial charge in [0.25, 0.3) is 0 Å². The lowest BCUT2D eigenvalue weighted by molar-refractivity contribution is -0.121. The van der Waals surface area contributed by atoms with Crippen molar-refractivity contribution in [2.75, 3.05) is 6.54 Å². The molecule has 0 atom stereocenters. The molecule has 1 aliphatic carbocycles. The summed E-state index contributed by atoms with van der Waals surface area (Å²) in [6.45, 7) is 0.595. The van der Waals surface area contributed by atoms with Crippen LogP contribution in [0.5, 0.6) is 0 Å². The largest absolute Gasteiger partial charge is 0.424 e. The van der Waals surface area contributed by atoms with Gasteiger partial charge in [0.1, 0.15) is 0 Å². The van der Waals surface area contributed by atoms with Gasteiger partial charge in [-0.1, -0.05) is 30.2 Å². The van der Waals surface area contributed by atoms with Gasteiger partial charge in [-0.2, -0.15) is 0 Å². The minimum absolute atomic E-state index is 0.0186. The van der Waals surface area contributed by atoms with E-state index in [1.165, 1.54) is 0 Å². The average molecular weight is 411 g/mol. The number of aromatic nitrogens is 3. The Morgan fingerprint density at radius 3 is 2.52 bits per heavy atom. The second-order valence-electron chi connectivity index (χ2n) is 7.40. The van der Waals surface area contributed by atoms with Crippen molar-refractivity contribution in [3.8, 4) is 0 Å². The van der Waals surface area contributed by atoms with Gasteiger partial charge in [-0.05, 0) is 54.7 Å². The zero-order chi connectivity index (χ0) is 20.1. The summed E-state index contributed by atoms with van der Waals surface area (Å²) in [6.07, 6.45) is 8.13. The first kappa shape index (κ1) is 19.6. The van der Waals surface area contributed by atoms with Crippen LogP contribution in [-0.4, -0.2) is 27.6 Å². The molecule has 7 heteroatoms. The van der Waals surface area contributed by atoms with Gasteiger partial charge >= 0.3 is 0 Å². The third-order valence-electron chi connectivity index (χ3n) is 5.53. The van der Waals surface area contributed by atoms with Crippen molar-refractivity contribution in [3.05, 3.63) is 76.7 Å². The maximum Gasteiger partial charge on any atom is 0.227 e. The van der Waals surface area contributed by atoms with Crippen LogP contribution in [0.15, 0.2) is 53.2 Å². The fraction of sp³-hybridized carbons (Fsp3) is 0.364. The van der Waals surface area contributed by atoms with Crippen LogP contribution >= 0.6 is 11.6 Å². The van der Waals surface area contributed by atoms with E-state index in [-0.39, 0.29) is 11.3 Å². The first-order valence-corrected chi connectivity index (χ1v) is 10.3. The van der Waals surface area contributed by atoms with Crippen LogP contribution < -0.4 is 5.32 Å². The predicted octanol–water partition coefficient (Wildman–Crippen LogP) is 3.88. The van der Waals surface area contributed by atoms with E-state index in [0.29, 0.717) is 36.2 Å². The number of nitrogens with one attached hydrogen (secondary N) is 1. The molecule has 1 amide bonds. The highest BCUT2D eigenvalue weighted by Gasteiger charge is 2.45. The summed E-state index contributed by atoms with van der Waals surface area (Å²) in [6, 6.07) is 11.7. The summed E-state index contributed by atoms with van der Waals surface area (Å²) in [7, 11) is 0. The molecule has 2 heterocycles. The highest BCUT2D eigenvalue weighted by atomic mass is 35.5. The molecule has 29 heavy (non-hydrogen) atoms. The summed E-state index contributed by atoms with van der Waals surface area (Å²) in [5.74, 6) is 1.12. The molecule has 0 saturated heterocycles. The molecular weight excluding hydrogens is 388 g/mol. The van der Waals surface area contributed by atoms with Gasteiger partial charge in [0, 0.05) is 36.8 Å². The van der Waals surface area contributed by atoms with Crippen molar-refractivity contribution in [3.63, 3.8) is 0 Å². The SMILES string of the molecule is O=C(CCc1nnc(C2(c3ccc(Cl)cc3)CCC2)o1)NCCc1ccncc1. The molecule has 1 N–H and O–H groups in total. The molecule has 150 valence electrons. The smallest absolute Gasteiger partial charge is 0.227 e. The first-order valence-electron chi connectivity index (χ1n) is 9.90. The number of carbonyl (C=O) groups excluding carboxylic acids is 1. The fourth-order valence-electron chi connectivity index (χ4n) is 3.68. The minimum Gasteiger partial charge on any atom is -0.424 e. The maximum atomic E-state index is 12.1. The molecule has 0 spiro atoms. The number of halogens is 1. The quantitative estimate of drug-likeness (QED) is 0.609. The van der Waals surface area contributed by atoms with Crippen molar-refractivity contribution in [1.82, 2.24) is 20.5 Å². The number of hydrogen-bond donors (Lipinski definition) is 1. The average Bonchev–Trinajstić information content (AvgIpc) is 3.17. The third kappa shape index (κ3) is 4.48. The normalized spacial score (nSPS) is 14.9. The molecule has 0 radical (unpaired) electrons. The summed E-state index contributed by atoms with van der Waals surface area (Å²) >= 11 is 6.02. The molecule has 4 rings (SSSR count). The highest BCUT2D eigenvalue weighted by molar-refractivity contribution is 6.30. The molecule has 2 aromatic heterocycles. The Labute approximate surface area is 174 Å². The molecular formula is C22H23ClN4O2. The van der Waals surface area contributed by atoms with Crippen molar-refractivity contribution < 1.29 is 9.21 Å². The van der Waals surface area contributed by atoms with Crippen LogP contribution in [0.1, 0.15) is 48.6 Å². The molecule has 1 fully saturated rings. The Morgan fingerprint density at radius 2 is 1.83 bits per heavy atom. The van der Waals surface area contributed by atoms with Gasteiger partial charge in [-0.25, -0.2) is 0 Å². The second kappa shape index (κ2) is 8.74. The van der Waals surface area contributed by atoms with Crippen molar-refractivity contribution in [2.24, 2.45) is 0 Å². The van der Waals surface area contributed by atoms with E-state index in [1.54, 1.807) is 12.4 Å². The number of rotatable bonds is 8. The third-order valence-corrected chi connectivity index (χ3v) is 5.78. The second-order valence-corrected chi connectivity index (χ2v) is 7.84. The van der Waals surface area contributed by atoms with Crippen LogP contribution in [0.3, 0.4) is 0 Å². The van der Waals surface area contributed by atoms with E-state index < -0.39 is 0 Å². The lowest BCUT2D eigenvalue weighted by atomic mass is 9.64. The number of nitrogens with zero attached hydrogens (tertiary/aromatic N) is 3. The summed E-state index contributed by atoms with van der Waals surface area (Å²) < 4.78 is 5.96. The molecule has 1 saturated carbocycles. The van der Waals surface area contributed by atoms with Gasteiger partial charge in [0.15, 0.2) is 0 Å². The van der Waals surface area contributed by atoms with E-state index >= 15 is 0 Å². The zero-order valence-electron chi connectivity index (χ0n) is 16.1. The Hall–Kier alpha value is -2.73. The van der Waals surface area contributed by atoms with Crippen molar-refractivity contribution in [2.45, 2.75) is 43.9 Å². The molecule has 0 bridgehead atoms. The number of amides is 1. The molecule has 1 aliphatic rings. The van der Waals surface area contributed by atoms with Gasteiger partial charge in [-0.15, -0.1) is 10.2 Å². The Morgan fingerprint density at radius 1 is 1.07 bits per heavy atom. The molecule has 0 unspecified atom stereocenters. The summed E-state index contributed by atoms with van der Waals surface area (Å²) in [4.78, 5) is 16.1. The van der Waals surface area contributed by atoms with E-state index in [2.05, 4.69) is 20.5 Å². The number of carbonyl (C=O) groups is 1. The van der Waals surface area contributed by atoms with Crippen LogP contribution in [0.2, 0.25) is 5.02 Å². The maximum absolute atomic E-state index is 12.1. The fourth-order valence-corrected chi connectivity index (χ4v) is 3.80. The summed E-state index contributed by atoms with van der Waals surface area (Å²) in [5, 5.41) is 12.1. The number of aryl methyl sites for hydroxylation is 1. The van der Waals surface area contributed by atoms with Crippen LogP contribution in [0, 0.1) is 0 Å². The number of pyridine rings is 1. The van der Waals surface area contributed by atoms with E-state index in [4.69, 9.17) is 16.0 Å². The Bertz CT molecular complexity index is 952. The van der Waals surface area contributed by atoms with Gasteiger partial charge in [0.05, 0.1) is 5.41 Å². The standard InChI is InChI=1S/C22H23ClN4O2/c23-18-4-2-17(3-5-18)22(11-1-12-22)21-27-26-20(29-21)7-6-19(28)25-15-10-16-8-13-24-14-9-16/h2-5,8-9,13-14H,1,6-7,10-12,15H2,(H,25,28). The number of benzene rings is 1. The minimum atomic E-state index is -0.220. The molecule has 3 aromatic rings. The van der Waals surface area contributed by atoms with Crippen LogP contribution in [0.4, 0.5) is 0 Å². The zero-order valence-corrected chi connectivity index (χ0v) is 16.9. The lowest BCUT2D eigenvalue weighted by Crippen LogP contribution is -2.35. The Balaban J connectivity index is 1.31. The topological polar surface area (TPSA) is 80.9 Å². The van der Waals surface area contributed by atoms with Crippen molar-refractivity contribution in [1.29, 1.82) is 0 Å². The van der Waals surface area contributed by atoms with E-state index in [1.807, 2.05) is 36.4 Å². The van der Waals surface area contributed by atoms with Gasteiger partial charge < -0.3 is 9.73 Å². The lowest BCUT2D eigenvalue weighted by Gasteiger charge is -2.39.